The van der Waals surface area contributed by atoms with Crippen LogP contribution in [0.25, 0.3) is 10.8 Å². The second-order valence-electron chi connectivity index (χ2n) is 8.04. The number of fused-ring (bicyclic) bond motifs is 1. The zero-order valence-corrected chi connectivity index (χ0v) is 18.8. The van der Waals surface area contributed by atoms with Crippen molar-refractivity contribution in [2.24, 2.45) is 0 Å². The third-order valence-corrected chi connectivity index (χ3v) is 7.94. The highest BCUT2D eigenvalue weighted by Crippen LogP contribution is 2.25. The Hall–Kier alpha value is -3.49. The Morgan fingerprint density at radius 3 is 2.21 bits per heavy atom. The van der Waals surface area contributed by atoms with Crippen LogP contribution in [0.15, 0.2) is 96.2 Å². The van der Waals surface area contributed by atoms with Crippen LogP contribution in [0.2, 0.25) is 0 Å². The first kappa shape index (κ1) is 21.4. The molecule has 1 aliphatic rings. The van der Waals surface area contributed by atoms with E-state index in [1.807, 2.05) is 60.7 Å². The van der Waals surface area contributed by atoms with Crippen LogP contribution in [-0.2, 0) is 14.8 Å². The van der Waals surface area contributed by atoms with Crippen LogP contribution >= 0.6 is 0 Å². The summed E-state index contributed by atoms with van der Waals surface area (Å²) in [5.41, 5.74) is 0.845. The van der Waals surface area contributed by atoms with Crippen LogP contribution in [0.5, 0.6) is 0 Å². The Labute approximate surface area is 192 Å². The lowest BCUT2D eigenvalue weighted by atomic mass is 10.1. The first-order chi connectivity index (χ1) is 16.0. The minimum absolute atomic E-state index is 0.0901. The van der Waals surface area contributed by atoms with Gasteiger partial charge in [-0.3, -0.25) is 9.48 Å². The van der Waals surface area contributed by atoms with Crippen LogP contribution in [0.4, 0.5) is 0 Å². The molecular weight excluding hydrogens is 436 g/mol. The number of aromatic nitrogens is 2. The maximum atomic E-state index is 13.5. The zero-order chi connectivity index (χ0) is 22.8. The number of amides is 1. The second kappa shape index (κ2) is 8.80. The van der Waals surface area contributed by atoms with E-state index in [1.165, 1.54) is 4.31 Å². The van der Waals surface area contributed by atoms with Gasteiger partial charge in [0.05, 0.1) is 4.90 Å². The molecule has 1 amide bonds. The fourth-order valence-electron chi connectivity index (χ4n) is 4.28. The van der Waals surface area contributed by atoms with E-state index in [-0.39, 0.29) is 23.9 Å². The largest absolute Gasteiger partial charge is 0.338 e. The summed E-state index contributed by atoms with van der Waals surface area (Å²) < 4.78 is 29.6. The number of rotatable bonds is 5. The lowest BCUT2D eigenvalue weighted by Gasteiger charge is -2.36. The summed E-state index contributed by atoms with van der Waals surface area (Å²) in [7, 11) is -3.64. The first-order valence-electron chi connectivity index (χ1n) is 10.9. The number of carbonyl (C=O) groups is 1. The molecule has 0 bridgehead atoms. The van der Waals surface area contributed by atoms with Crippen LogP contribution < -0.4 is 0 Å². The molecule has 5 rings (SSSR count). The molecule has 3 aromatic carbocycles. The van der Waals surface area contributed by atoms with E-state index < -0.39 is 16.1 Å². The monoisotopic (exact) mass is 460 g/mol. The SMILES string of the molecule is O=C(C(c1ccccc1)n1cccn1)N1CCN(S(=O)(=O)c2ccc3ccccc3c2)CC1. The van der Waals surface area contributed by atoms with Gasteiger partial charge in [-0.25, -0.2) is 8.42 Å². The highest BCUT2D eigenvalue weighted by Gasteiger charge is 2.34. The van der Waals surface area contributed by atoms with Gasteiger partial charge >= 0.3 is 0 Å². The lowest BCUT2D eigenvalue weighted by molar-refractivity contribution is -0.135. The average Bonchev–Trinajstić information content (AvgIpc) is 3.39. The first-order valence-corrected chi connectivity index (χ1v) is 12.3. The topological polar surface area (TPSA) is 75.5 Å². The quantitative estimate of drug-likeness (QED) is 0.459. The molecule has 0 spiro atoms. The summed E-state index contributed by atoms with van der Waals surface area (Å²) in [6, 6.07) is 23.6. The Morgan fingerprint density at radius 1 is 0.818 bits per heavy atom. The van der Waals surface area contributed by atoms with Gasteiger partial charge < -0.3 is 4.90 Å². The van der Waals surface area contributed by atoms with E-state index in [4.69, 9.17) is 0 Å². The number of carbonyl (C=O) groups excluding carboxylic acids is 1. The van der Waals surface area contributed by atoms with Crippen molar-refractivity contribution in [3.63, 3.8) is 0 Å². The van der Waals surface area contributed by atoms with Gasteiger partial charge in [0.25, 0.3) is 5.91 Å². The molecule has 4 aromatic rings. The predicted molar refractivity (Wildman–Crippen MR) is 126 cm³/mol. The summed E-state index contributed by atoms with van der Waals surface area (Å²) in [5.74, 6) is -0.0901. The molecular formula is C25H24N4O3S. The van der Waals surface area contributed by atoms with Crippen molar-refractivity contribution in [2.75, 3.05) is 26.2 Å². The van der Waals surface area contributed by atoms with Crippen molar-refractivity contribution < 1.29 is 13.2 Å². The van der Waals surface area contributed by atoms with Crippen LogP contribution in [0.3, 0.4) is 0 Å². The number of hydrogen-bond donors (Lipinski definition) is 0. The Bertz CT molecular complexity index is 1360. The minimum atomic E-state index is -3.64. The molecule has 1 fully saturated rings. The molecule has 0 aliphatic carbocycles. The van der Waals surface area contributed by atoms with Crippen LogP contribution in [0.1, 0.15) is 11.6 Å². The second-order valence-corrected chi connectivity index (χ2v) is 9.98. The maximum Gasteiger partial charge on any atom is 0.252 e. The van der Waals surface area contributed by atoms with Gasteiger partial charge in [0.15, 0.2) is 6.04 Å². The molecule has 1 unspecified atom stereocenters. The van der Waals surface area contributed by atoms with E-state index in [0.29, 0.717) is 13.1 Å². The number of piperazine rings is 1. The van der Waals surface area contributed by atoms with E-state index >= 15 is 0 Å². The van der Waals surface area contributed by atoms with Gasteiger partial charge in [0.2, 0.25) is 10.0 Å². The lowest BCUT2D eigenvalue weighted by Crippen LogP contribution is -2.52. The highest BCUT2D eigenvalue weighted by molar-refractivity contribution is 7.89. The summed E-state index contributed by atoms with van der Waals surface area (Å²) in [6.45, 7) is 1.16. The number of sulfonamides is 1. The molecule has 1 saturated heterocycles. The fraction of sp³-hybridized carbons (Fsp3) is 0.200. The smallest absolute Gasteiger partial charge is 0.252 e. The Kier molecular flexibility index (Phi) is 5.70. The van der Waals surface area contributed by atoms with Crippen molar-refractivity contribution in [2.45, 2.75) is 10.9 Å². The molecule has 0 radical (unpaired) electrons. The van der Waals surface area contributed by atoms with Crippen molar-refractivity contribution >= 4 is 26.7 Å². The minimum Gasteiger partial charge on any atom is -0.338 e. The van der Waals surface area contributed by atoms with E-state index in [2.05, 4.69) is 5.10 Å². The Morgan fingerprint density at radius 2 is 1.52 bits per heavy atom. The molecule has 0 saturated carbocycles. The number of hydrogen-bond acceptors (Lipinski definition) is 4. The van der Waals surface area contributed by atoms with Crippen molar-refractivity contribution in [3.8, 4) is 0 Å². The predicted octanol–water partition coefficient (Wildman–Crippen LogP) is 3.16. The van der Waals surface area contributed by atoms with Gasteiger partial charge in [-0.15, -0.1) is 0 Å². The summed E-state index contributed by atoms with van der Waals surface area (Å²) >= 11 is 0. The molecule has 0 N–H and O–H groups in total. The molecule has 33 heavy (non-hydrogen) atoms. The molecule has 7 nitrogen and oxygen atoms in total. The summed E-state index contributed by atoms with van der Waals surface area (Å²) in [6.07, 6.45) is 3.42. The highest BCUT2D eigenvalue weighted by atomic mass is 32.2. The Balaban J connectivity index is 1.34. The van der Waals surface area contributed by atoms with Crippen LogP contribution in [0, 0.1) is 0 Å². The number of benzene rings is 3. The molecule has 1 aromatic heterocycles. The molecule has 2 heterocycles. The van der Waals surface area contributed by atoms with Crippen LogP contribution in [-0.4, -0.2) is 59.5 Å². The third kappa shape index (κ3) is 4.15. The van der Waals surface area contributed by atoms with E-state index in [0.717, 1.165) is 16.3 Å². The van der Waals surface area contributed by atoms with Gasteiger partial charge in [-0.1, -0.05) is 60.7 Å². The van der Waals surface area contributed by atoms with Gasteiger partial charge in [-0.05, 0) is 34.5 Å². The zero-order valence-electron chi connectivity index (χ0n) is 18.0. The van der Waals surface area contributed by atoms with Crippen molar-refractivity contribution in [1.82, 2.24) is 19.0 Å². The maximum absolute atomic E-state index is 13.5. The van der Waals surface area contributed by atoms with Crippen molar-refractivity contribution in [1.29, 1.82) is 0 Å². The standard InChI is InChI=1S/C25H24N4O3S/c30-25(24(29-14-6-13-26-29)21-8-2-1-3-9-21)27-15-17-28(18-16-27)33(31,32)23-12-11-20-7-4-5-10-22(20)19-23/h1-14,19,24H,15-18H2. The van der Waals surface area contributed by atoms with E-state index in [1.54, 1.807) is 40.2 Å². The summed E-state index contributed by atoms with van der Waals surface area (Å²) in [4.78, 5) is 15.5. The van der Waals surface area contributed by atoms with Gasteiger partial charge in [-0.2, -0.15) is 9.40 Å². The molecule has 1 aliphatic heterocycles. The molecule has 1 atom stereocenters. The molecule has 168 valence electrons. The number of nitrogens with zero attached hydrogens (tertiary/aromatic N) is 4. The normalized spacial score (nSPS) is 16.1. The van der Waals surface area contributed by atoms with Gasteiger partial charge in [0.1, 0.15) is 0 Å². The van der Waals surface area contributed by atoms with Gasteiger partial charge in [0, 0.05) is 38.6 Å². The average molecular weight is 461 g/mol. The fourth-order valence-corrected chi connectivity index (χ4v) is 5.73. The van der Waals surface area contributed by atoms with E-state index in [9.17, 15) is 13.2 Å². The molecule has 8 heteroatoms. The summed E-state index contributed by atoms with van der Waals surface area (Å²) in [5, 5.41) is 6.17. The van der Waals surface area contributed by atoms with Crippen molar-refractivity contribution in [3.05, 3.63) is 96.8 Å². The third-order valence-electron chi connectivity index (χ3n) is 6.05.